The van der Waals surface area contributed by atoms with Gasteiger partial charge in [-0.05, 0) is 28.7 Å². The first kappa shape index (κ1) is 11.5. The van der Waals surface area contributed by atoms with Gasteiger partial charge in [0.15, 0.2) is 0 Å². The van der Waals surface area contributed by atoms with Gasteiger partial charge < -0.3 is 0 Å². The molecule has 19 heavy (non-hydrogen) atoms. The van der Waals surface area contributed by atoms with Crippen LogP contribution < -0.4 is 0 Å². The van der Waals surface area contributed by atoms with Crippen molar-refractivity contribution in [3.8, 4) is 0 Å². The third-order valence-corrected chi connectivity index (χ3v) is 8.99. The highest BCUT2D eigenvalue weighted by molar-refractivity contribution is 6.79. The molecule has 2 aromatic rings. The molecule has 2 heterocycles. The standard InChI is InChI=1S/C18H20Si/c1-19(2)12-11-15-13-7-3-5-9-16(13)18(19)17-10-6-4-8-14(15)17/h3-10,15,18H,11-12H2,1-2H3. The highest BCUT2D eigenvalue weighted by Crippen LogP contribution is 2.53. The molecule has 0 unspecified atom stereocenters. The summed E-state index contributed by atoms with van der Waals surface area (Å²) in [6.07, 6.45) is 1.35. The fourth-order valence-corrected chi connectivity index (χ4v) is 7.86. The van der Waals surface area contributed by atoms with Crippen LogP contribution in [0.3, 0.4) is 0 Å². The first-order chi connectivity index (χ1) is 9.18. The molecular formula is C18H20Si. The van der Waals surface area contributed by atoms with Crippen molar-refractivity contribution < 1.29 is 0 Å². The SMILES string of the molecule is C[Si]1(C)CCC2c3ccccc3C1c1ccccc12. The van der Waals surface area contributed by atoms with E-state index < -0.39 is 8.07 Å². The summed E-state index contributed by atoms with van der Waals surface area (Å²) in [5, 5.41) is 0. The summed E-state index contributed by atoms with van der Waals surface area (Å²) in [6, 6.07) is 19.9. The van der Waals surface area contributed by atoms with E-state index in [4.69, 9.17) is 0 Å². The molecule has 0 N–H and O–H groups in total. The first-order valence-corrected chi connectivity index (χ1v) is 10.6. The lowest BCUT2D eigenvalue weighted by Gasteiger charge is -2.36. The lowest BCUT2D eigenvalue weighted by molar-refractivity contribution is 0.754. The number of hydrogen-bond donors (Lipinski definition) is 0. The van der Waals surface area contributed by atoms with Crippen molar-refractivity contribution in [2.75, 3.05) is 0 Å². The van der Waals surface area contributed by atoms with E-state index >= 15 is 0 Å². The maximum Gasteiger partial charge on any atom is 0.0604 e. The number of fused-ring (bicyclic) bond motifs is 2. The number of benzene rings is 2. The molecule has 2 bridgehead atoms. The number of hydrogen-bond acceptors (Lipinski definition) is 0. The monoisotopic (exact) mass is 264 g/mol. The van der Waals surface area contributed by atoms with E-state index in [9.17, 15) is 0 Å². The van der Waals surface area contributed by atoms with Gasteiger partial charge in [0, 0.05) is 11.5 Å². The van der Waals surface area contributed by atoms with Crippen LogP contribution >= 0.6 is 0 Å². The van der Waals surface area contributed by atoms with Crippen molar-refractivity contribution >= 4 is 8.07 Å². The summed E-state index contributed by atoms with van der Waals surface area (Å²) >= 11 is 0. The van der Waals surface area contributed by atoms with Crippen molar-refractivity contribution in [1.29, 1.82) is 0 Å². The fourth-order valence-electron chi connectivity index (χ4n) is 4.33. The molecule has 3 aliphatic rings. The molecule has 0 fully saturated rings. The smallest absolute Gasteiger partial charge is 0.0604 e. The molecule has 0 amide bonds. The average Bonchev–Trinajstić information content (AvgIpc) is 2.61. The van der Waals surface area contributed by atoms with Gasteiger partial charge in [0.25, 0.3) is 0 Å². The van der Waals surface area contributed by atoms with Crippen LogP contribution in [0.4, 0.5) is 0 Å². The Hall–Kier alpha value is -1.34. The second-order valence-electron chi connectivity index (χ2n) is 6.77. The van der Waals surface area contributed by atoms with Crippen LogP contribution in [0.2, 0.25) is 19.1 Å². The molecule has 2 aliphatic heterocycles. The highest BCUT2D eigenvalue weighted by atomic mass is 28.3. The molecule has 5 rings (SSSR count). The minimum atomic E-state index is -1.23. The van der Waals surface area contributed by atoms with E-state index in [1.807, 2.05) is 0 Å². The van der Waals surface area contributed by atoms with Crippen LogP contribution in [-0.4, -0.2) is 8.07 Å². The van der Waals surface area contributed by atoms with Crippen molar-refractivity contribution in [1.82, 2.24) is 0 Å². The summed E-state index contributed by atoms with van der Waals surface area (Å²) in [6.45, 7) is 5.16. The summed E-state index contributed by atoms with van der Waals surface area (Å²) < 4.78 is 0. The maximum atomic E-state index is 2.58. The Kier molecular flexibility index (Phi) is 2.31. The van der Waals surface area contributed by atoms with Gasteiger partial charge in [-0.2, -0.15) is 0 Å². The Bertz CT molecular complexity index is 594. The Morgan fingerprint density at radius 1 is 0.789 bits per heavy atom. The molecule has 2 aromatic carbocycles. The van der Waals surface area contributed by atoms with E-state index in [1.54, 1.807) is 22.3 Å². The largest absolute Gasteiger partial charge is 0.0686 e. The average molecular weight is 264 g/mol. The van der Waals surface area contributed by atoms with E-state index in [2.05, 4.69) is 61.6 Å². The molecule has 1 aliphatic carbocycles. The molecule has 0 spiro atoms. The van der Waals surface area contributed by atoms with E-state index in [1.165, 1.54) is 12.5 Å². The van der Waals surface area contributed by atoms with Crippen LogP contribution in [0.5, 0.6) is 0 Å². The van der Waals surface area contributed by atoms with Gasteiger partial charge in [0.1, 0.15) is 0 Å². The van der Waals surface area contributed by atoms with Gasteiger partial charge >= 0.3 is 0 Å². The van der Waals surface area contributed by atoms with Crippen LogP contribution in [0, 0.1) is 0 Å². The van der Waals surface area contributed by atoms with Gasteiger partial charge in [0.2, 0.25) is 0 Å². The highest BCUT2D eigenvalue weighted by Gasteiger charge is 2.44. The predicted molar refractivity (Wildman–Crippen MR) is 83.5 cm³/mol. The first-order valence-electron chi connectivity index (χ1n) is 7.36. The minimum absolute atomic E-state index is 0.651. The maximum absolute atomic E-state index is 2.58. The van der Waals surface area contributed by atoms with Crippen molar-refractivity contribution in [2.24, 2.45) is 0 Å². The summed E-state index contributed by atoms with van der Waals surface area (Å²) in [5.74, 6) is 0.651. The van der Waals surface area contributed by atoms with Crippen LogP contribution in [0.15, 0.2) is 48.5 Å². The molecule has 0 radical (unpaired) electrons. The van der Waals surface area contributed by atoms with E-state index in [-0.39, 0.29) is 0 Å². The Morgan fingerprint density at radius 3 is 1.79 bits per heavy atom. The Morgan fingerprint density at radius 2 is 1.26 bits per heavy atom. The van der Waals surface area contributed by atoms with Gasteiger partial charge in [0.05, 0.1) is 8.07 Å². The second-order valence-corrected chi connectivity index (χ2v) is 11.8. The van der Waals surface area contributed by atoms with Gasteiger partial charge in [-0.25, -0.2) is 0 Å². The predicted octanol–water partition coefficient (Wildman–Crippen LogP) is 4.92. The van der Waals surface area contributed by atoms with Gasteiger partial charge in [-0.15, -0.1) is 0 Å². The molecule has 0 saturated carbocycles. The zero-order valence-electron chi connectivity index (χ0n) is 11.7. The molecule has 0 atom stereocenters. The van der Waals surface area contributed by atoms with Gasteiger partial charge in [-0.1, -0.05) is 67.7 Å². The second kappa shape index (κ2) is 3.83. The number of rotatable bonds is 0. The molecule has 1 heteroatoms. The fraction of sp³-hybridized carbons (Fsp3) is 0.333. The Balaban J connectivity index is 2.07. The van der Waals surface area contributed by atoms with E-state index in [0.29, 0.717) is 11.5 Å². The topological polar surface area (TPSA) is 0 Å². The zero-order valence-corrected chi connectivity index (χ0v) is 12.7. The van der Waals surface area contributed by atoms with E-state index in [0.717, 1.165) is 0 Å². The van der Waals surface area contributed by atoms with Crippen molar-refractivity contribution in [3.63, 3.8) is 0 Å². The summed E-state index contributed by atoms with van der Waals surface area (Å²) in [5.41, 5.74) is 7.22. The third-order valence-electron chi connectivity index (χ3n) is 5.22. The van der Waals surface area contributed by atoms with Crippen molar-refractivity contribution in [3.05, 3.63) is 70.8 Å². The lowest BCUT2D eigenvalue weighted by Crippen LogP contribution is -2.35. The molecule has 0 nitrogen and oxygen atoms in total. The molecule has 96 valence electrons. The van der Waals surface area contributed by atoms with Gasteiger partial charge in [-0.3, -0.25) is 0 Å². The third kappa shape index (κ3) is 1.51. The van der Waals surface area contributed by atoms with Crippen LogP contribution in [0.1, 0.15) is 40.1 Å². The normalized spacial score (nSPS) is 26.4. The minimum Gasteiger partial charge on any atom is -0.0686 e. The van der Waals surface area contributed by atoms with Crippen molar-refractivity contribution in [2.45, 2.75) is 37.0 Å². The Labute approximate surface area is 116 Å². The molecule has 0 aromatic heterocycles. The molecular weight excluding hydrogens is 244 g/mol. The molecule has 0 saturated heterocycles. The quantitative estimate of drug-likeness (QED) is 0.593. The summed E-state index contributed by atoms with van der Waals surface area (Å²) in [7, 11) is -1.23. The zero-order chi connectivity index (χ0) is 13.0. The van der Waals surface area contributed by atoms with Crippen LogP contribution in [-0.2, 0) is 0 Å². The lowest BCUT2D eigenvalue weighted by atomic mass is 9.77. The summed E-state index contributed by atoms with van der Waals surface area (Å²) in [4.78, 5) is 0. The van der Waals surface area contributed by atoms with Crippen LogP contribution in [0.25, 0.3) is 0 Å².